The average Bonchev–Trinajstić information content (AvgIpc) is 3.06. The highest BCUT2D eigenvalue weighted by Gasteiger charge is 2.50. The number of benzene rings is 1. The van der Waals surface area contributed by atoms with Crippen molar-refractivity contribution in [1.29, 1.82) is 0 Å². The lowest BCUT2D eigenvalue weighted by molar-refractivity contribution is -0.0496. The maximum Gasteiger partial charge on any atom is 0.351 e. The van der Waals surface area contributed by atoms with Crippen molar-refractivity contribution in [2.45, 2.75) is 83.5 Å². The summed E-state index contributed by atoms with van der Waals surface area (Å²) in [5, 5.41) is 2.69. The molecule has 0 unspecified atom stereocenters. The van der Waals surface area contributed by atoms with Gasteiger partial charge in [0.2, 0.25) is 0 Å². The standard InChI is InChI=1S/C25H41N3O6Si3/c1-35(2,3)31-17-19-21(33-36(4,5)6)22(34-37(7,8)9)24(32-19)28-16-15-20(27-25(28)30)26-23(29)18-13-11-10-12-14-18/h10-16,19,21-22,24H,17H2,1-9H3,(H,26,27,29,30)/t19-,21-,22-,24-/m1/s1. The maximum atomic E-state index is 13.2. The van der Waals surface area contributed by atoms with Crippen molar-refractivity contribution in [2.75, 3.05) is 11.9 Å². The van der Waals surface area contributed by atoms with Crippen LogP contribution in [-0.2, 0) is 18.0 Å². The predicted molar refractivity (Wildman–Crippen MR) is 153 cm³/mol. The van der Waals surface area contributed by atoms with E-state index in [2.05, 4.69) is 69.2 Å². The summed E-state index contributed by atoms with van der Waals surface area (Å²) in [5.74, 6) is -0.168. The topological polar surface area (TPSA) is 101 Å². The van der Waals surface area contributed by atoms with Gasteiger partial charge >= 0.3 is 5.69 Å². The van der Waals surface area contributed by atoms with Gasteiger partial charge in [0.1, 0.15) is 24.1 Å². The number of nitrogens with one attached hydrogen (secondary N) is 1. The summed E-state index contributed by atoms with van der Waals surface area (Å²) in [6.07, 6.45) is -0.424. The van der Waals surface area contributed by atoms with E-state index >= 15 is 0 Å². The molecule has 1 aliphatic heterocycles. The van der Waals surface area contributed by atoms with Crippen molar-refractivity contribution in [3.8, 4) is 0 Å². The normalized spacial score (nSPS) is 22.7. The van der Waals surface area contributed by atoms with E-state index in [1.807, 2.05) is 6.07 Å². The summed E-state index contributed by atoms with van der Waals surface area (Å²) in [6.45, 7) is 19.4. The molecular formula is C25H41N3O6Si3. The molecule has 0 aliphatic carbocycles. The van der Waals surface area contributed by atoms with E-state index in [9.17, 15) is 9.59 Å². The van der Waals surface area contributed by atoms with Crippen LogP contribution in [0.2, 0.25) is 58.9 Å². The van der Waals surface area contributed by atoms with Gasteiger partial charge in [-0.1, -0.05) is 18.2 Å². The second-order valence-corrected chi connectivity index (χ2v) is 25.6. The lowest BCUT2D eigenvalue weighted by Gasteiger charge is -2.34. The third-order valence-corrected chi connectivity index (χ3v) is 8.32. The highest BCUT2D eigenvalue weighted by Crippen LogP contribution is 2.37. The number of amides is 1. The molecule has 1 aromatic carbocycles. The molecule has 12 heteroatoms. The molecule has 37 heavy (non-hydrogen) atoms. The first-order chi connectivity index (χ1) is 17.0. The first-order valence-corrected chi connectivity index (χ1v) is 22.9. The van der Waals surface area contributed by atoms with Gasteiger partial charge in [0.05, 0.1) is 6.61 Å². The molecule has 0 radical (unpaired) electrons. The van der Waals surface area contributed by atoms with E-state index in [4.69, 9.17) is 18.0 Å². The minimum absolute atomic E-state index is 0.171. The molecule has 3 rings (SSSR count). The number of rotatable bonds is 10. The molecule has 0 saturated carbocycles. The lowest BCUT2D eigenvalue weighted by Crippen LogP contribution is -2.49. The van der Waals surface area contributed by atoms with Crippen molar-refractivity contribution in [3.05, 3.63) is 58.6 Å². The van der Waals surface area contributed by atoms with Crippen LogP contribution in [0.4, 0.5) is 5.82 Å². The third-order valence-electron chi connectivity index (χ3n) is 5.33. The van der Waals surface area contributed by atoms with E-state index < -0.39 is 49.1 Å². The van der Waals surface area contributed by atoms with Crippen LogP contribution in [0.3, 0.4) is 0 Å². The first-order valence-electron chi connectivity index (χ1n) is 12.6. The second-order valence-electron chi connectivity index (χ2n) is 12.2. The summed E-state index contributed by atoms with van der Waals surface area (Å²) in [6, 6.07) is 10.4. The second kappa shape index (κ2) is 11.4. The molecule has 0 spiro atoms. The van der Waals surface area contributed by atoms with E-state index in [1.165, 1.54) is 4.57 Å². The number of anilines is 1. The summed E-state index contributed by atoms with van der Waals surface area (Å²) in [7, 11) is -5.88. The number of nitrogens with zero attached hydrogens (tertiary/aromatic N) is 2. The van der Waals surface area contributed by atoms with Gasteiger partial charge in [-0.25, -0.2) is 4.79 Å². The SMILES string of the molecule is C[Si](C)(C)OC[C@H]1O[C@@H](n2ccc(NC(=O)c3ccccc3)nc2=O)[C@H](O[Si](C)(C)C)[C@@H]1O[Si](C)(C)C. The van der Waals surface area contributed by atoms with Crippen LogP contribution in [0.1, 0.15) is 16.6 Å². The Morgan fingerprint density at radius 1 is 0.919 bits per heavy atom. The van der Waals surface area contributed by atoms with Crippen LogP contribution in [-0.4, -0.2) is 65.3 Å². The van der Waals surface area contributed by atoms with Crippen molar-refractivity contribution < 1.29 is 22.8 Å². The van der Waals surface area contributed by atoms with Gasteiger partial charge in [-0.2, -0.15) is 4.98 Å². The van der Waals surface area contributed by atoms with Crippen LogP contribution >= 0.6 is 0 Å². The highest BCUT2D eigenvalue weighted by molar-refractivity contribution is 6.70. The van der Waals surface area contributed by atoms with Gasteiger partial charge in [-0.05, 0) is 77.1 Å². The zero-order valence-corrected chi connectivity index (χ0v) is 26.4. The highest BCUT2D eigenvalue weighted by atomic mass is 28.4. The fraction of sp³-hybridized carbons (Fsp3) is 0.560. The lowest BCUT2D eigenvalue weighted by atomic mass is 10.1. The smallest absolute Gasteiger partial charge is 0.351 e. The summed E-state index contributed by atoms with van der Waals surface area (Å²) < 4.78 is 27.3. The zero-order valence-electron chi connectivity index (χ0n) is 23.4. The molecule has 9 nitrogen and oxygen atoms in total. The molecule has 1 aromatic heterocycles. The first kappa shape index (κ1) is 29.6. The molecule has 1 fully saturated rings. The Bertz CT molecular complexity index is 1130. The Balaban J connectivity index is 1.92. The molecule has 1 N–H and O–H groups in total. The van der Waals surface area contributed by atoms with Gasteiger partial charge in [-0.15, -0.1) is 0 Å². The molecule has 204 valence electrons. The Hall–Kier alpha value is -1.94. The fourth-order valence-electron chi connectivity index (χ4n) is 3.94. The molecule has 2 aromatic rings. The van der Waals surface area contributed by atoms with Crippen molar-refractivity contribution in [1.82, 2.24) is 9.55 Å². The average molecular weight is 564 g/mol. The van der Waals surface area contributed by atoms with Gasteiger partial charge in [0.15, 0.2) is 31.2 Å². The van der Waals surface area contributed by atoms with E-state index in [-0.39, 0.29) is 17.8 Å². The molecule has 1 amide bonds. The van der Waals surface area contributed by atoms with Crippen LogP contribution < -0.4 is 11.0 Å². The predicted octanol–water partition coefficient (Wildman–Crippen LogP) is 4.68. The number of hydrogen-bond acceptors (Lipinski definition) is 7. The largest absolute Gasteiger partial charge is 0.415 e. The Morgan fingerprint density at radius 3 is 2.05 bits per heavy atom. The monoisotopic (exact) mass is 563 g/mol. The quantitative estimate of drug-likeness (QED) is 0.419. The molecule has 0 bridgehead atoms. The molecule has 1 aliphatic rings. The number of ether oxygens (including phenoxy) is 1. The van der Waals surface area contributed by atoms with E-state index in [1.54, 1.807) is 36.5 Å². The number of carbonyl (C=O) groups excluding carboxylic acids is 1. The van der Waals surface area contributed by atoms with Crippen LogP contribution in [0.25, 0.3) is 0 Å². The maximum absolute atomic E-state index is 13.2. The Kier molecular flexibility index (Phi) is 9.15. The molecule has 4 atom stereocenters. The minimum Gasteiger partial charge on any atom is -0.415 e. The molecular weight excluding hydrogens is 523 g/mol. The Labute approximate surface area is 222 Å². The number of carbonyl (C=O) groups is 1. The summed E-state index contributed by atoms with van der Waals surface area (Å²) in [4.78, 5) is 29.8. The fourth-order valence-corrected chi connectivity index (χ4v) is 6.77. The van der Waals surface area contributed by atoms with Crippen molar-refractivity contribution >= 4 is 36.7 Å². The van der Waals surface area contributed by atoms with Crippen molar-refractivity contribution in [3.63, 3.8) is 0 Å². The summed E-state index contributed by atoms with van der Waals surface area (Å²) >= 11 is 0. The molecule has 1 saturated heterocycles. The number of hydrogen-bond donors (Lipinski definition) is 1. The minimum atomic E-state index is -2.06. The van der Waals surface area contributed by atoms with Crippen LogP contribution in [0.15, 0.2) is 47.4 Å². The third kappa shape index (κ3) is 8.80. The molecule has 2 heterocycles. The van der Waals surface area contributed by atoms with Gasteiger partial charge in [0.25, 0.3) is 5.91 Å². The van der Waals surface area contributed by atoms with Crippen LogP contribution in [0, 0.1) is 0 Å². The van der Waals surface area contributed by atoms with Crippen LogP contribution in [0.5, 0.6) is 0 Å². The summed E-state index contributed by atoms with van der Waals surface area (Å²) in [5.41, 5.74) is -0.0636. The van der Waals surface area contributed by atoms with E-state index in [0.29, 0.717) is 12.2 Å². The van der Waals surface area contributed by atoms with Crippen molar-refractivity contribution in [2.24, 2.45) is 0 Å². The van der Waals surface area contributed by atoms with E-state index in [0.717, 1.165) is 0 Å². The van der Waals surface area contributed by atoms with Gasteiger partial charge in [-0.3, -0.25) is 9.36 Å². The zero-order chi connectivity index (χ0) is 27.6. The Morgan fingerprint density at radius 2 is 1.51 bits per heavy atom. The van der Waals surface area contributed by atoms with Gasteiger partial charge in [0, 0.05) is 11.8 Å². The number of aromatic nitrogens is 2. The van der Waals surface area contributed by atoms with Gasteiger partial charge < -0.3 is 23.3 Å².